The van der Waals surface area contributed by atoms with Crippen molar-refractivity contribution >= 4 is 39.5 Å². The SMILES string of the molecule is CN(C)CCCNC(=S)N(N=Cc1ccc([N+](=O)[O-])o1)OS(C)(=O)=O. The Labute approximate surface area is 150 Å². The van der Waals surface area contributed by atoms with Crippen LogP contribution in [0.2, 0.25) is 0 Å². The van der Waals surface area contributed by atoms with Crippen LogP contribution in [0, 0.1) is 10.1 Å². The third-order valence-electron chi connectivity index (χ3n) is 2.52. The highest BCUT2D eigenvalue weighted by Gasteiger charge is 2.16. The van der Waals surface area contributed by atoms with Gasteiger partial charge in [0.2, 0.25) is 5.11 Å². The number of hydrogen-bond acceptors (Lipinski definition) is 9. The smallest absolute Gasteiger partial charge is 0.400 e. The first-order valence-corrected chi connectivity index (χ1v) is 9.21. The zero-order chi connectivity index (χ0) is 19.0. The van der Waals surface area contributed by atoms with Crippen LogP contribution in [0.5, 0.6) is 0 Å². The number of hydroxylamine groups is 1. The summed E-state index contributed by atoms with van der Waals surface area (Å²) in [4.78, 5) is 11.8. The topological polar surface area (TPSA) is 131 Å². The van der Waals surface area contributed by atoms with E-state index in [2.05, 4.69) is 14.7 Å². The molecule has 1 rings (SSSR count). The largest absolute Gasteiger partial charge is 0.433 e. The fourth-order valence-electron chi connectivity index (χ4n) is 1.51. The summed E-state index contributed by atoms with van der Waals surface area (Å²) in [6.07, 6.45) is 2.64. The van der Waals surface area contributed by atoms with Crippen LogP contribution in [0.25, 0.3) is 0 Å². The van der Waals surface area contributed by atoms with Gasteiger partial charge in [-0.3, -0.25) is 10.1 Å². The van der Waals surface area contributed by atoms with Gasteiger partial charge in [-0.1, -0.05) is 5.17 Å². The Morgan fingerprint density at radius 1 is 1.52 bits per heavy atom. The van der Waals surface area contributed by atoms with Crippen molar-refractivity contribution in [2.24, 2.45) is 5.10 Å². The first-order chi connectivity index (χ1) is 11.6. The molecule has 0 fully saturated rings. The van der Waals surface area contributed by atoms with Crippen LogP contribution in [0.1, 0.15) is 12.2 Å². The summed E-state index contributed by atoms with van der Waals surface area (Å²) >= 11 is 5.04. The van der Waals surface area contributed by atoms with E-state index < -0.39 is 20.9 Å². The van der Waals surface area contributed by atoms with Gasteiger partial charge in [0.15, 0.2) is 5.76 Å². The molecule has 1 N–H and O–H groups in total. The number of hydrazone groups is 1. The Hall–Kier alpha value is -2.09. The van der Waals surface area contributed by atoms with Gasteiger partial charge in [-0.15, -0.1) is 9.39 Å². The molecule has 0 saturated heterocycles. The van der Waals surface area contributed by atoms with Crippen molar-refractivity contribution in [2.75, 3.05) is 33.4 Å². The van der Waals surface area contributed by atoms with Gasteiger partial charge in [-0.05, 0) is 45.3 Å². The van der Waals surface area contributed by atoms with Crippen molar-refractivity contribution in [3.05, 3.63) is 28.0 Å². The van der Waals surface area contributed by atoms with Gasteiger partial charge >= 0.3 is 5.88 Å². The van der Waals surface area contributed by atoms with Crippen molar-refractivity contribution < 1.29 is 22.0 Å². The van der Waals surface area contributed by atoms with Crippen LogP contribution in [-0.2, 0) is 14.4 Å². The standard InChI is InChI=1S/C12H19N5O6S2/c1-15(2)8-4-7-13-12(24)16(23-25(3,20)21)14-9-10-5-6-11(22-10)17(18)19/h5-6,9H,4,7-8H2,1-3H3,(H,13,24). The molecule has 0 saturated carbocycles. The minimum Gasteiger partial charge on any atom is -0.400 e. The molecule has 0 aliphatic rings. The predicted octanol–water partition coefficient (Wildman–Crippen LogP) is 0.541. The average molecular weight is 393 g/mol. The molecule has 25 heavy (non-hydrogen) atoms. The van der Waals surface area contributed by atoms with Gasteiger partial charge in [-0.25, -0.2) is 0 Å². The molecule has 0 aromatic carbocycles. The zero-order valence-electron chi connectivity index (χ0n) is 13.9. The van der Waals surface area contributed by atoms with E-state index in [1.165, 1.54) is 6.07 Å². The predicted molar refractivity (Wildman–Crippen MR) is 94.5 cm³/mol. The molecule has 0 atom stereocenters. The molecule has 0 amide bonds. The van der Waals surface area contributed by atoms with E-state index in [0.717, 1.165) is 31.5 Å². The number of hydrogen-bond donors (Lipinski definition) is 1. The Balaban J connectivity index is 2.76. The maximum atomic E-state index is 11.3. The fraction of sp³-hybridized carbons (Fsp3) is 0.500. The number of rotatable bonds is 9. The van der Waals surface area contributed by atoms with Crippen molar-refractivity contribution in [2.45, 2.75) is 6.42 Å². The van der Waals surface area contributed by atoms with Crippen molar-refractivity contribution in [1.29, 1.82) is 0 Å². The second-order valence-electron chi connectivity index (χ2n) is 5.12. The zero-order valence-corrected chi connectivity index (χ0v) is 15.5. The van der Waals surface area contributed by atoms with E-state index in [1.54, 1.807) is 0 Å². The lowest BCUT2D eigenvalue weighted by molar-refractivity contribution is -0.402. The fourth-order valence-corrected chi connectivity index (χ4v) is 2.11. The maximum Gasteiger partial charge on any atom is 0.433 e. The highest BCUT2D eigenvalue weighted by molar-refractivity contribution is 7.86. The minimum atomic E-state index is -3.89. The summed E-state index contributed by atoms with van der Waals surface area (Å²) in [5.74, 6) is -0.439. The highest BCUT2D eigenvalue weighted by atomic mass is 32.2. The molecular formula is C12H19N5O6S2. The summed E-state index contributed by atoms with van der Waals surface area (Å²) in [6.45, 7) is 1.28. The third kappa shape index (κ3) is 8.53. The molecule has 1 heterocycles. The second-order valence-corrected chi connectivity index (χ2v) is 7.06. The normalized spacial score (nSPS) is 11.8. The molecule has 140 valence electrons. The van der Waals surface area contributed by atoms with Crippen molar-refractivity contribution in [3.63, 3.8) is 0 Å². The Bertz CT molecular complexity index is 730. The molecule has 13 heteroatoms. The van der Waals surface area contributed by atoms with Gasteiger partial charge in [0.05, 0.1) is 18.5 Å². The Morgan fingerprint density at radius 2 is 2.20 bits per heavy atom. The lowest BCUT2D eigenvalue weighted by atomic mass is 10.4. The maximum absolute atomic E-state index is 11.3. The van der Waals surface area contributed by atoms with E-state index in [1.807, 2.05) is 19.0 Å². The molecule has 0 bridgehead atoms. The van der Waals surface area contributed by atoms with E-state index >= 15 is 0 Å². The van der Waals surface area contributed by atoms with Crippen LogP contribution >= 0.6 is 12.2 Å². The lowest BCUT2D eigenvalue weighted by Gasteiger charge is -2.18. The van der Waals surface area contributed by atoms with Gasteiger partial charge in [0.25, 0.3) is 10.1 Å². The van der Waals surface area contributed by atoms with Crippen LogP contribution in [0.4, 0.5) is 5.88 Å². The van der Waals surface area contributed by atoms with Crippen LogP contribution in [0.15, 0.2) is 21.7 Å². The number of thiocarbonyl (C=S) groups is 1. The van der Waals surface area contributed by atoms with Crippen LogP contribution in [0.3, 0.4) is 0 Å². The van der Waals surface area contributed by atoms with Crippen LogP contribution < -0.4 is 5.32 Å². The quantitative estimate of drug-likeness (QED) is 0.208. The number of nitrogens with zero attached hydrogens (tertiary/aromatic N) is 4. The molecule has 0 aliphatic carbocycles. The number of nitrogens with one attached hydrogen (secondary N) is 1. The molecule has 0 spiro atoms. The van der Waals surface area contributed by atoms with Gasteiger partial charge in [0.1, 0.15) is 4.92 Å². The monoisotopic (exact) mass is 393 g/mol. The Morgan fingerprint density at radius 3 is 2.72 bits per heavy atom. The minimum absolute atomic E-state index is 0.0317. The summed E-state index contributed by atoms with van der Waals surface area (Å²) < 4.78 is 32.2. The van der Waals surface area contributed by atoms with Gasteiger partial charge < -0.3 is 14.6 Å². The van der Waals surface area contributed by atoms with E-state index in [-0.39, 0.29) is 10.9 Å². The molecule has 0 unspecified atom stereocenters. The molecule has 11 nitrogen and oxygen atoms in total. The molecule has 0 aliphatic heterocycles. The van der Waals surface area contributed by atoms with E-state index in [9.17, 15) is 18.5 Å². The Kier molecular flexibility index (Phi) is 7.89. The summed E-state index contributed by atoms with van der Waals surface area (Å²) in [5.41, 5.74) is 0. The van der Waals surface area contributed by atoms with Crippen molar-refractivity contribution in [1.82, 2.24) is 15.4 Å². The molecule has 1 aromatic heterocycles. The van der Waals surface area contributed by atoms with Crippen LogP contribution in [-0.4, -0.2) is 68.2 Å². The first-order valence-electron chi connectivity index (χ1n) is 6.99. The highest BCUT2D eigenvalue weighted by Crippen LogP contribution is 2.14. The van der Waals surface area contributed by atoms with E-state index in [0.29, 0.717) is 11.7 Å². The summed E-state index contributed by atoms with van der Waals surface area (Å²) in [7, 11) is -0.0457. The molecule has 0 radical (unpaired) electrons. The van der Waals surface area contributed by atoms with Crippen molar-refractivity contribution in [3.8, 4) is 0 Å². The lowest BCUT2D eigenvalue weighted by Crippen LogP contribution is -2.38. The van der Waals surface area contributed by atoms with Gasteiger partial charge in [-0.2, -0.15) is 8.42 Å². The second kappa shape index (κ2) is 9.41. The number of nitro groups is 1. The van der Waals surface area contributed by atoms with E-state index in [4.69, 9.17) is 16.6 Å². The average Bonchev–Trinajstić information content (AvgIpc) is 2.95. The molecular weight excluding hydrogens is 374 g/mol. The third-order valence-corrected chi connectivity index (χ3v) is 3.23. The molecule has 1 aromatic rings. The van der Waals surface area contributed by atoms with Gasteiger partial charge in [0, 0.05) is 6.54 Å². The summed E-state index contributed by atoms with van der Waals surface area (Å²) in [6, 6.07) is 2.44. The first kappa shape index (κ1) is 21.0. The number of furan rings is 1. The summed E-state index contributed by atoms with van der Waals surface area (Å²) in [5, 5.41) is 17.6.